The summed E-state index contributed by atoms with van der Waals surface area (Å²) in [4.78, 5) is 24.1. The molecule has 0 spiro atoms. The number of nitro groups is 1. The number of piperidine rings is 1. The number of methoxy groups -OCH3 is 1. The van der Waals surface area contributed by atoms with E-state index in [4.69, 9.17) is 9.15 Å². The molecule has 1 saturated heterocycles. The van der Waals surface area contributed by atoms with Gasteiger partial charge >= 0.3 is 5.97 Å². The monoisotopic (exact) mass is 360 g/mol. The van der Waals surface area contributed by atoms with Crippen LogP contribution < -0.4 is 0 Å². The van der Waals surface area contributed by atoms with E-state index in [1.54, 1.807) is 12.1 Å². The number of hydrogen-bond acceptors (Lipinski definition) is 8. The molecule has 0 saturated carbocycles. The summed E-state index contributed by atoms with van der Waals surface area (Å²) in [5, 5.41) is 18.9. The number of likely N-dealkylation sites (tertiary alicyclic amines) is 1. The minimum atomic E-state index is -0.455. The Morgan fingerprint density at radius 2 is 1.96 bits per heavy atom. The van der Waals surface area contributed by atoms with E-state index in [0.717, 1.165) is 25.9 Å². The van der Waals surface area contributed by atoms with E-state index in [1.165, 1.54) is 19.2 Å². The summed E-state index contributed by atoms with van der Waals surface area (Å²) in [6.07, 6.45) is 1.47. The van der Waals surface area contributed by atoms with Gasteiger partial charge in [-0.1, -0.05) is 0 Å². The summed E-state index contributed by atoms with van der Waals surface area (Å²) in [7, 11) is 1.41. The predicted octanol–water partition coefficient (Wildman–Crippen LogP) is 2.59. The van der Waals surface area contributed by atoms with Crippen LogP contribution in [0.15, 0.2) is 28.7 Å². The lowest BCUT2D eigenvalue weighted by Gasteiger charge is -2.33. The number of carbonyl (C=O) groups is 1. The van der Waals surface area contributed by atoms with Gasteiger partial charge < -0.3 is 9.15 Å². The molecule has 0 aliphatic carbocycles. The maximum absolute atomic E-state index is 11.6. The zero-order valence-corrected chi connectivity index (χ0v) is 14.6. The van der Waals surface area contributed by atoms with E-state index in [-0.39, 0.29) is 23.6 Å². The minimum Gasteiger partial charge on any atom is -0.469 e. The SMILES string of the molecule is COC(=O)C1CCN([C@H](C)c2nnc(-c3ccc([N+](=O)[O-])cc3)o2)CC1. The van der Waals surface area contributed by atoms with Gasteiger partial charge in [0.05, 0.1) is 24.0 Å². The van der Waals surface area contributed by atoms with Crippen LogP contribution in [-0.2, 0) is 9.53 Å². The van der Waals surface area contributed by atoms with Crippen molar-refractivity contribution in [3.8, 4) is 11.5 Å². The molecule has 1 fully saturated rings. The second-order valence-corrected chi connectivity index (χ2v) is 6.26. The van der Waals surface area contributed by atoms with E-state index < -0.39 is 4.92 Å². The molecule has 138 valence electrons. The first-order valence-corrected chi connectivity index (χ1v) is 8.39. The fraction of sp³-hybridized carbons (Fsp3) is 0.471. The highest BCUT2D eigenvalue weighted by Gasteiger charge is 2.30. The number of aromatic nitrogens is 2. The first kappa shape index (κ1) is 18.0. The van der Waals surface area contributed by atoms with E-state index >= 15 is 0 Å². The van der Waals surface area contributed by atoms with Crippen molar-refractivity contribution in [3.63, 3.8) is 0 Å². The number of nitro benzene ring substituents is 1. The zero-order chi connectivity index (χ0) is 18.7. The molecule has 2 heterocycles. The van der Waals surface area contributed by atoms with E-state index in [9.17, 15) is 14.9 Å². The number of carbonyl (C=O) groups excluding carboxylic acids is 1. The lowest BCUT2D eigenvalue weighted by Crippen LogP contribution is -2.38. The van der Waals surface area contributed by atoms with Crippen LogP contribution in [0.2, 0.25) is 0 Å². The van der Waals surface area contributed by atoms with Crippen molar-refractivity contribution < 1.29 is 18.9 Å². The standard InChI is InChI=1S/C17H20N4O5/c1-11(20-9-7-13(8-10-20)17(22)25-2)15-18-19-16(26-15)12-3-5-14(6-4-12)21(23)24/h3-6,11,13H,7-10H2,1-2H3/t11-/m1/s1. The molecule has 1 aromatic carbocycles. The largest absolute Gasteiger partial charge is 0.469 e. The average molecular weight is 360 g/mol. The molecule has 0 amide bonds. The Bertz CT molecular complexity index is 781. The van der Waals surface area contributed by atoms with Gasteiger partial charge in [0.1, 0.15) is 0 Å². The Kier molecular flexibility index (Phi) is 5.27. The van der Waals surface area contributed by atoms with Crippen LogP contribution in [0, 0.1) is 16.0 Å². The molecule has 3 rings (SSSR count). The number of ether oxygens (including phenoxy) is 1. The van der Waals surface area contributed by atoms with Crippen molar-refractivity contribution in [3.05, 3.63) is 40.3 Å². The Labute approximate surface area is 150 Å². The van der Waals surface area contributed by atoms with E-state index in [1.807, 2.05) is 6.92 Å². The molecule has 26 heavy (non-hydrogen) atoms. The maximum atomic E-state index is 11.6. The normalized spacial score (nSPS) is 17.0. The summed E-state index contributed by atoms with van der Waals surface area (Å²) < 4.78 is 10.6. The molecule has 1 aromatic heterocycles. The topological polar surface area (TPSA) is 112 Å². The van der Waals surface area contributed by atoms with Crippen molar-refractivity contribution in [2.75, 3.05) is 20.2 Å². The summed E-state index contributed by atoms with van der Waals surface area (Å²) >= 11 is 0. The highest BCUT2D eigenvalue weighted by molar-refractivity contribution is 5.72. The third-order valence-electron chi connectivity index (χ3n) is 4.73. The van der Waals surface area contributed by atoms with Gasteiger partial charge in [0.2, 0.25) is 11.8 Å². The quantitative estimate of drug-likeness (QED) is 0.454. The predicted molar refractivity (Wildman–Crippen MR) is 91.1 cm³/mol. The lowest BCUT2D eigenvalue weighted by molar-refractivity contribution is -0.384. The van der Waals surface area contributed by atoms with E-state index in [0.29, 0.717) is 17.3 Å². The molecule has 0 radical (unpaired) electrons. The van der Waals surface area contributed by atoms with Crippen LogP contribution in [0.5, 0.6) is 0 Å². The number of esters is 1. The van der Waals surface area contributed by atoms with Gasteiger partial charge in [-0.2, -0.15) is 0 Å². The van der Waals surface area contributed by atoms with Gasteiger partial charge in [0, 0.05) is 17.7 Å². The first-order valence-electron chi connectivity index (χ1n) is 8.39. The van der Waals surface area contributed by atoms with Crippen LogP contribution in [0.4, 0.5) is 5.69 Å². The number of rotatable bonds is 5. The maximum Gasteiger partial charge on any atom is 0.308 e. The van der Waals surface area contributed by atoms with E-state index in [2.05, 4.69) is 15.1 Å². The third kappa shape index (κ3) is 3.72. The van der Waals surface area contributed by atoms with Crippen LogP contribution in [0.1, 0.15) is 31.7 Å². The molecule has 1 aliphatic heterocycles. The number of nitrogens with zero attached hydrogens (tertiary/aromatic N) is 4. The molecule has 9 nitrogen and oxygen atoms in total. The minimum absolute atomic E-state index is 0.00957. The molecular formula is C17H20N4O5. The summed E-state index contributed by atoms with van der Waals surface area (Å²) in [6, 6.07) is 5.90. The third-order valence-corrected chi connectivity index (χ3v) is 4.73. The van der Waals surface area contributed by atoms with Gasteiger partial charge in [-0.05, 0) is 45.0 Å². The molecule has 0 N–H and O–H groups in total. The van der Waals surface area contributed by atoms with Gasteiger partial charge in [0.15, 0.2) is 0 Å². The Morgan fingerprint density at radius 3 is 2.54 bits per heavy atom. The summed E-state index contributed by atoms with van der Waals surface area (Å²) in [5.74, 6) is 0.596. The number of benzene rings is 1. The van der Waals surface area contributed by atoms with Crippen molar-refractivity contribution in [2.24, 2.45) is 5.92 Å². The molecule has 0 unspecified atom stereocenters. The number of non-ortho nitro benzene ring substituents is 1. The molecule has 1 aliphatic rings. The van der Waals surface area contributed by atoms with Crippen LogP contribution >= 0.6 is 0 Å². The molecule has 9 heteroatoms. The molecule has 1 atom stereocenters. The van der Waals surface area contributed by atoms with Crippen LogP contribution in [-0.4, -0.2) is 46.2 Å². The van der Waals surface area contributed by atoms with Crippen molar-refractivity contribution in [1.82, 2.24) is 15.1 Å². The molecule has 0 bridgehead atoms. The van der Waals surface area contributed by atoms with Gasteiger partial charge in [-0.15, -0.1) is 10.2 Å². The van der Waals surface area contributed by atoms with Crippen molar-refractivity contribution in [1.29, 1.82) is 0 Å². The van der Waals surface area contributed by atoms with Crippen LogP contribution in [0.3, 0.4) is 0 Å². The van der Waals surface area contributed by atoms with Gasteiger partial charge in [-0.3, -0.25) is 19.8 Å². The fourth-order valence-electron chi connectivity index (χ4n) is 3.09. The second kappa shape index (κ2) is 7.61. The zero-order valence-electron chi connectivity index (χ0n) is 14.6. The van der Waals surface area contributed by atoms with Crippen LogP contribution in [0.25, 0.3) is 11.5 Å². The summed E-state index contributed by atoms with van der Waals surface area (Å²) in [5.41, 5.74) is 0.640. The fourth-order valence-corrected chi connectivity index (χ4v) is 3.09. The average Bonchev–Trinajstić information content (AvgIpc) is 3.17. The van der Waals surface area contributed by atoms with Gasteiger partial charge in [-0.25, -0.2) is 0 Å². The molecule has 2 aromatic rings. The Balaban J connectivity index is 1.66. The Morgan fingerprint density at radius 1 is 1.31 bits per heavy atom. The highest BCUT2D eigenvalue weighted by Crippen LogP contribution is 2.28. The van der Waals surface area contributed by atoms with Crippen molar-refractivity contribution in [2.45, 2.75) is 25.8 Å². The Hall–Kier alpha value is -2.81. The number of hydrogen-bond donors (Lipinski definition) is 0. The van der Waals surface area contributed by atoms with Gasteiger partial charge in [0.25, 0.3) is 5.69 Å². The lowest BCUT2D eigenvalue weighted by atomic mass is 9.96. The summed E-state index contributed by atoms with van der Waals surface area (Å²) in [6.45, 7) is 3.47. The first-order chi connectivity index (χ1) is 12.5. The molecular weight excluding hydrogens is 340 g/mol. The van der Waals surface area contributed by atoms with Crippen molar-refractivity contribution >= 4 is 11.7 Å². The second-order valence-electron chi connectivity index (χ2n) is 6.26. The smallest absolute Gasteiger partial charge is 0.308 e. The highest BCUT2D eigenvalue weighted by atomic mass is 16.6.